The molecule has 122 valence electrons. The number of hydrogen-bond acceptors (Lipinski definition) is 5. The van der Waals surface area contributed by atoms with E-state index in [9.17, 15) is 4.79 Å². The van der Waals surface area contributed by atoms with Gasteiger partial charge in [-0.3, -0.25) is 4.79 Å². The van der Waals surface area contributed by atoms with Crippen LogP contribution in [0.2, 0.25) is 0 Å². The fraction of sp³-hybridized carbons (Fsp3) is 0.294. The fourth-order valence-electron chi connectivity index (χ4n) is 2.99. The monoisotopic (exact) mass is 323 g/mol. The van der Waals surface area contributed by atoms with E-state index in [4.69, 9.17) is 4.52 Å². The Morgan fingerprint density at radius 1 is 1.25 bits per heavy atom. The summed E-state index contributed by atoms with van der Waals surface area (Å²) < 4.78 is 6.99. The zero-order valence-electron chi connectivity index (χ0n) is 13.1. The maximum Gasteiger partial charge on any atom is 0.274 e. The summed E-state index contributed by atoms with van der Waals surface area (Å²) in [6.45, 7) is 0.351. The van der Waals surface area contributed by atoms with Crippen LogP contribution < -0.4 is 5.32 Å². The van der Waals surface area contributed by atoms with E-state index in [1.54, 1.807) is 17.1 Å². The Balaban J connectivity index is 1.52. The number of amides is 1. The van der Waals surface area contributed by atoms with Crippen LogP contribution in [0, 0.1) is 0 Å². The van der Waals surface area contributed by atoms with E-state index in [-0.39, 0.29) is 5.91 Å². The lowest BCUT2D eigenvalue weighted by Gasteiger charge is -2.11. The molecule has 7 nitrogen and oxygen atoms in total. The van der Waals surface area contributed by atoms with Gasteiger partial charge in [-0.25, -0.2) is 9.67 Å². The molecule has 7 heteroatoms. The molecular formula is C17H17N5O2. The summed E-state index contributed by atoms with van der Waals surface area (Å²) >= 11 is 0. The molecule has 3 aromatic heterocycles. The van der Waals surface area contributed by atoms with Crippen molar-refractivity contribution in [2.24, 2.45) is 0 Å². The molecule has 24 heavy (non-hydrogen) atoms. The van der Waals surface area contributed by atoms with E-state index in [1.165, 1.54) is 0 Å². The van der Waals surface area contributed by atoms with E-state index >= 15 is 0 Å². The highest BCUT2D eigenvalue weighted by Gasteiger charge is 2.23. The summed E-state index contributed by atoms with van der Waals surface area (Å²) in [6, 6.07) is 5.59. The van der Waals surface area contributed by atoms with Crippen molar-refractivity contribution in [1.29, 1.82) is 0 Å². The molecule has 1 N–H and O–H groups in total. The van der Waals surface area contributed by atoms with Crippen LogP contribution in [0.25, 0.3) is 5.82 Å². The quantitative estimate of drug-likeness (QED) is 0.794. The van der Waals surface area contributed by atoms with Gasteiger partial charge in [0.05, 0.1) is 0 Å². The van der Waals surface area contributed by atoms with Crippen molar-refractivity contribution in [2.45, 2.75) is 32.2 Å². The Hall–Kier alpha value is -2.96. The van der Waals surface area contributed by atoms with Gasteiger partial charge in [0.25, 0.3) is 5.91 Å². The van der Waals surface area contributed by atoms with Gasteiger partial charge in [0, 0.05) is 42.7 Å². The highest BCUT2D eigenvalue weighted by Crippen LogP contribution is 2.24. The first-order valence-electron chi connectivity index (χ1n) is 8.02. The van der Waals surface area contributed by atoms with E-state index in [1.807, 2.05) is 24.4 Å². The average molecular weight is 323 g/mol. The van der Waals surface area contributed by atoms with E-state index < -0.39 is 0 Å². The molecule has 0 bridgehead atoms. The minimum atomic E-state index is -0.211. The predicted octanol–water partition coefficient (Wildman–Crippen LogP) is 2.06. The molecule has 1 aliphatic rings. The number of aryl methyl sites for hydroxylation is 1. The second kappa shape index (κ2) is 6.27. The summed E-state index contributed by atoms with van der Waals surface area (Å²) in [6.07, 6.45) is 9.10. The third-order valence-corrected chi connectivity index (χ3v) is 4.19. The molecule has 0 radical (unpaired) electrons. The van der Waals surface area contributed by atoms with E-state index in [0.717, 1.165) is 42.6 Å². The first kappa shape index (κ1) is 14.6. The number of pyridine rings is 1. The number of aromatic nitrogens is 4. The van der Waals surface area contributed by atoms with Gasteiger partial charge < -0.3 is 9.84 Å². The highest BCUT2D eigenvalue weighted by molar-refractivity contribution is 5.93. The van der Waals surface area contributed by atoms with Crippen LogP contribution in [-0.4, -0.2) is 25.8 Å². The Labute approximate surface area is 138 Å². The van der Waals surface area contributed by atoms with Crippen molar-refractivity contribution in [3.63, 3.8) is 0 Å². The first-order valence-corrected chi connectivity index (χ1v) is 8.02. The predicted molar refractivity (Wildman–Crippen MR) is 85.7 cm³/mol. The van der Waals surface area contributed by atoms with Crippen LogP contribution in [0.3, 0.4) is 0 Å². The minimum absolute atomic E-state index is 0.211. The van der Waals surface area contributed by atoms with E-state index in [0.29, 0.717) is 18.1 Å². The van der Waals surface area contributed by atoms with Crippen molar-refractivity contribution < 1.29 is 9.32 Å². The van der Waals surface area contributed by atoms with Crippen molar-refractivity contribution in [3.8, 4) is 5.82 Å². The molecule has 3 aromatic rings. The van der Waals surface area contributed by atoms with Gasteiger partial charge in [-0.1, -0.05) is 11.2 Å². The first-order chi connectivity index (χ1) is 11.8. The van der Waals surface area contributed by atoms with Crippen molar-refractivity contribution in [3.05, 3.63) is 59.4 Å². The third kappa shape index (κ3) is 2.68. The zero-order chi connectivity index (χ0) is 16.4. The van der Waals surface area contributed by atoms with Crippen LogP contribution in [0.15, 0.2) is 41.3 Å². The Bertz CT molecular complexity index is 854. The number of hydrogen-bond donors (Lipinski definition) is 1. The lowest BCUT2D eigenvalue weighted by Crippen LogP contribution is -2.25. The summed E-state index contributed by atoms with van der Waals surface area (Å²) in [7, 11) is 0. The fourth-order valence-corrected chi connectivity index (χ4v) is 2.99. The molecular weight excluding hydrogens is 306 g/mol. The molecule has 0 atom stereocenters. The van der Waals surface area contributed by atoms with Gasteiger partial charge in [-0.15, -0.1) is 0 Å². The van der Waals surface area contributed by atoms with Crippen LogP contribution in [0.4, 0.5) is 0 Å². The number of fused-ring (bicyclic) bond motifs is 1. The molecule has 0 aromatic carbocycles. The maximum atomic E-state index is 12.5. The molecule has 0 fully saturated rings. The molecule has 4 rings (SSSR count). The lowest BCUT2D eigenvalue weighted by atomic mass is 9.96. The smallest absolute Gasteiger partial charge is 0.274 e. The Morgan fingerprint density at radius 3 is 3.04 bits per heavy atom. The SMILES string of the molecule is O=C(NCc1cccnc1-n1cccn1)c1noc2c1CCCC2. The molecule has 1 aliphatic carbocycles. The Kier molecular flexibility index (Phi) is 3.82. The van der Waals surface area contributed by atoms with Gasteiger partial charge in [0.1, 0.15) is 5.76 Å². The largest absolute Gasteiger partial charge is 0.360 e. The molecule has 0 spiro atoms. The number of carbonyl (C=O) groups is 1. The Morgan fingerprint density at radius 2 is 2.17 bits per heavy atom. The second-order valence-corrected chi connectivity index (χ2v) is 5.76. The zero-order valence-corrected chi connectivity index (χ0v) is 13.1. The van der Waals surface area contributed by atoms with Crippen molar-refractivity contribution >= 4 is 5.91 Å². The van der Waals surface area contributed by atoms with Crippen molar-refractivity contribution in [2.75, 3.05) is 0 Å². The minimum Gasteiger partial charge on any atom is -0.360 e. The molecule has 0 saturated heterocycles. The maximum absolute atomic E-state index is 12.5. The van der Waals surface area contributed by atoms with Gasteiger partial charge in [0.15, 0.2) is 11.5 Å². The van der Waals surface area contributed by atoms with Gasteiger partial charge >= 0.3 is 0 Å². The molecule has 0 unspecified atom stereocenters. The van der Waals surface area contributed by atoms with Gasteiger partial charge in [-0.2, -0.15) is 5.10 Å². The molecule has 0 saturated carbocycles. The average Bonchev–Trinajstić information content (AvgIpc) is 3.29. The molecule has 1 amide bonds. The van der Waals surface area contributed by atoms with Gasteiger partial charge in [0.2, 0.25) is 0 Å². The molecule has 0 aliphatic heterocycles. The van der Waals surface area contributed by atoms with Crippen LogP contribution >= 0.6 is 0 Å². The third-order valence-electron chi connectivity index (χ3n) is 4.19. The normalized spacial score (nSPS) is 13.5. The number of rotatable bonds is 4. The van der Waals surface area contributed by atoms with Crippen LogP contribution in [0.1, 0.15) is 40.2 Å². The number of carbonyl (C=O) groups excluding carboxylic acids is 1. The lowest BCUT2D eigenvalue weighted by molar-refractivity contribution is 0.0941. The molecule has 3 heterocycles. The second-order valence-electron chi connectivity index (χ2n) is 5.76. The standard InChI is InChI=1S/C17H17N5O2/c23-17(15-13-6-1-2-7-14(13)24-21-15)19-11-12-5-3-8-18-16(12)22-10-4-9-20-22/h3-5,8-10H,1-2,6-7,11H2,(H,19,23). The summed E-state index contributed by atoms with van der Waals surface area (Å²) in [4.78, 5) is 16.8. The van der Waals surface area contributed by atoms with Crippen LogP contribution in [-0.2, 0) is 19.4 Å². The number of nitrogens with zero attached hydrogens (tertiary/aromatic N) is 4. The topological polar surface area (TPSA) is 85.8 Å². The summed E-state index contributed by atoms with van der Waals surface area (Å²) in [5.74, 6) is 1.34. The summed E-state index contributed by atoms with van der Waals surface area (Å²) in [5.41, 5.74) is 2.25. The van der Waals surface area contributed by atoms with E-state index in [2.05, 4.69) is 20.6 Å². The van der Waals surface area contributed by atoms with Gasteiger partial charge in [-0.05, 0) is 31.4 Å². The number of nitrogens with one attached hydrogen (secondary N) is 1. The summed E-state index contributed by atoms with van der Waals surface area (Å²) in [5, 5.41) is 11.1. The van der Waals surface area contributed by atoms with Crippen molar-refractivity contribution in [1.82, 2.24) is 25.2 Å². The van der Waals surface area contributed by atoms with Crippen LogP contribution in [0.5, 0.6) is 0 Å². The highest BCUT2D eigenvalue weighted by atomic mass is 16.5.